The second-order valence-electron chi connectivity index (χ2n) is 4.83. The molecular formula is C16H14N2O4. The van der Waals surface area contributed by atoms with Crippen LogP contribution in [0, 0.1) is 0 Å². The molecular weight excluding hydrogens is 284 g/mol. The molecule has 0 fully saturated rings. The van der Waals surface area contributed by atoms with Crippen molar-refractivity contribution in [1.82, 2.24) is 9.55 Å². The van der Waals surface area contributed by atoms with Gasteiger partial charge >= 0.3 is 11.7 Å². The molecule has 0 bridgehead atoms. The molecule has 112 valence electrons. The Hall–Kier alpha value is -2.89. The van der Waals surface area contributed by atoms with Crippen LogP contribution in [0.5, 0.6) is 0 Å². The fourth-order valence-electron chi connectivity index (χ4n) is 2.17. The second-order valence-corrected chi connectivity index (χ2v) is 4.83. The zero-order valence-corrected chi connectivity index (χ0v) is 11.9. The largest absolute Gasteiger partial charge is 0.459 e. The van der Waals surface area contributed by atoms with Crippen molar-refractivity contribution in [2.45, 2.75) is 19.6 Å². The molecule has 3 aromatic rings. The maximum absolute atomic E-state index is 12.2. The van der Waals surface area contributed by atoms with Crippen LogP contribution < -0.4 is 5.76 Å². The van der Waals surface area contributed by atoms with Crippen molar-refractivity contribution in [2.24, 2.45) is 0 Å². The summed E-state index contributed by atoms with van der Waals surface area (Å²) in [5.74, 6) is -1.14. The molecule has 0 spiro atoms. The molecule has 6 nitrogen and oxygen atoms in total. The number of hydrogen-bond donors (Lipinski definition) is 0. The molecule has 22 heavy (non-hydrogen) atoms. The molecule has 6 heteroatoms. The summed E-state index contributed by atoms with van der Waals surface area (Å²) in [7, 11) is 0. The summed E-state index contributed by atoms with van der Waals surface area (Å²) in [6.07, 6.45) is 1.54. The first-order valence-electron chi connectivity index (χ1n) is 6.83. The summed E-state index contributed by atoms with van der Waals surface area (Å²) in [5, 5.41) is 0. The van der Waals surface area contributed by atoms with Gasteiger partial charge in [-0.2, -0.15) is 0 Å². The van der Waals surface area contributed by atoms with Gasteiger partial charge in [0.25, 0.3) is 0 Å². The number of aromatic nitrogens is 2. The van der Waals surface area contributed by atoms with Gasteiger partial charge in [0.05, 0.1) is 0 Å². The Balaban J connectivity index is 1.80. The fourth-order valence-corrected chi connectivity index (χ4v) is 2.17. The van der Waals surface area contributed by atoms with Crippen LogP contribution in [0.3, 0.4) is 0 Å². The Kier molecular flexibility index (Phi) is 3.74. The summed E-state index contributed by atoms with van der Waals surface area (Å²) in [5.41, 5.74) is 1.55. The van der Waals surface area contributed by atoms with E-state index in [-0.39, 0.29) is 6.61 Å². The van der Waals surface area contributed by atoms with Crippen LogP contribution in [0.1, 0.15) is 18.5 Å². The highest BCUT2D eigenvalue weighted by Crippen LogP contribution is 2.16. The number of hydrogen-bond acceptors (Lipinski definition) is 5. The highest BCUT2D eigenvalue weighted by atomic mass is 16.5. The Morgan fingerprint density at radius 2 is 2.05 bits per heavy atom. The highest BCUT2D eigenvalue weighted by Gasteiger charge is 2.23. The lowest BCUT2D eigenvalue weighted by molar-refractivity contribution is -0.148. The molecule has 1 aromatic carbocycles. The molecule has 2 aromatic heterocycles. The third kappa shape index (κ3) is 2.63. The number of rotatable bonds is 4. The second kappa shape index (κ2) is 5.85. The van der Waals surface area contributed by atoms with Crippen molar-refractivity contribution in [3.8, 4) is 0 Å². The van der Waals surface area contributed by atoms with E-state index in [1.54, 1.807) is 19.1 Å². The normalized spacial score (nSPS) is 12.2. The average molecular weight is 298 g/mol. The maximum atomic E-state index is 12.2. The van der Waals surface area contributed by atoms with Crippen molar-refractivity contribution in [3.05, 3.63) is 64.8 Å². The van der Waals surface area contributed by atoms with Crippen molar-refractivity contribution >= 4 is 17.2 Å². The topological polar surface area (TPSA) is 74.3 Å². The molecule has 0 aliphatic rings. The van der Waals surface area contributed by atoms with Gasteiger partial charge in [0.15, 0.2) is 11.2 Å². The van der Waals surface area contributed by atoms with E-state index in [1.807, 2.05) is 30.3 Å². The lowest BCUT2D eigenvalue weighted by atomic mass is 10.2. The van der Waals surface area contributed by atoms with Gasteiger partial charge < -0.3 is 9.15 Å². The molecule has 1 unspecified atom stereocenters. The number of carbonyl (C=O) groups excluding carboxylic acids is 1. The minimum atomic E-state index is -0.813. The van der Waals surface area contributed by atoms with E-state index in [9.17, 15) is 9.59 Å². The minimum absolute atomic E-state index is 0.155. The third-order valence-electron chi connectivity index (χ3n) is 3.33. The lowest BCUT2D eigenvalue weighted by Crippen LogP contribution is -2.26. The molecule has 1 atom stereocenters. The Morgan fingerprint density at radius 1 is 1.27 bits per heavy atom. The molecule has 0 saturated carbocycles. The minimum Gasteiger partial charge on any atom is -0.459 e. The van der Waals surface area contributed by atoms with Crippen LogP contribution >= 0.6 is 0 Å². The molecule has 0 amide bonds. The van der Waals surface area contributed by atoms with Crippen LogP contribution in [0.25, 0.3) is 11.2 Å². The quantitative estimate of drug-likeness (QED) is 0.691. The van der Waals surface area contributed by atoms with Crippen LogP contribution in [0.2, 0.25) is 0 Å². The summed E-state index contributed by atoms with van der Waals surface area (Å²) in [6.45, 7) is 1.74. The molecule has 3 rings (SSSR count). The molecule has 2 heterocycles. The van der Waals surface area contributed by atoms with Gasteiger partial charge in [-0.1, -0.05) is 30.3 Å². The number of oxazole rings is 1. The number of esters is 1. The van der Waals surface area contributed by atoms with Crippen molar-refractivity contribution in [1.29, 1.82) is 0 Å². The molecule has 0 saturated heterocycles. The zero-order valence-electron chi connectivity index (χ0n) is 11.9. The number of benzene rings is 1. The Morgan fingerprint density at radius 3 is 2.82 bits per heavy atom. The average Bonchev–Trinajstić information content (AvgIpc) is 2.88. The predicted molar refractivity (Wildman–Crippen MR) is 79.2 cm³/mol. The van der Waals surface area contributed by atoms with Gasteiger partial charge in [0.1, 0.15) is 12.6 Å². The monoisotopic (exact) mass is 298 g/mol. The number of pyridine rings is 1. The number of fused-ring (bicyclic) bond motifs is 1. The highest BCUT2D eigenvalue weighted by molar-refractivity contribution is 5.77. The van der Waals surface area contributed by atoms with Crippen molar-refractivity contribution in [3.63, 3.8) is 0 Å². The lowest BCUT2D eigenvalue weighted by Gasteiger charge is -2.11. The van der Waals surface area contributed by atoms with Gasteiger partial charge in [-0.15, -0.1) is 0 Å². The van der Waals surface area contributed by atoms with Crippen molar-refractivity contribution < 1.29 is 13.9 Å². The van der Waals surface area contributed by atoms with Crippen molar-refractivity contribution in [2.75, 3.05) is 0 Å². The molecule has 0 N–H and O–H groups in total. The van der Waals surface area contributed by atoms with Gasteiger partial charge in [0.2, 0.25) is 0 Å². The van der Waals surface area contributed by atoms with E-state index in [0.29, 0.717) is 11.2 Å². The SMILES string of the molecule is CC(C(=O)OCc1ccccc1)n1c(=O)oc2cccnc21. The predicted octanol–water partition coefficient (Wildman–Crippen LogP) is 2.29. The number of nitrogens with zero attached hydrogens (tertiary/aromatic N) is 2. The van der Waals surface area contributed by atoms with Crippen LogP contribution in [-0.2, 0) is 16.1 Å². The summed E-state index contributed by atoms with van der Waals surface area (Å²) >= 11 is 0. The Labute approximate surface area is 126 Å². The van der Waals surface area contributed by atoms with Crippen LogP contribution in [0.4, 0.5) is 0 Å². The molecule has 0 aliphatic heterocycles. The first-order valence-corrected chi connectivity index (χ1v) is 6.83. The van der Waals surface area contributed by atoms with Gasteiger partial charge in [-0.05, 0) is 24.6 Å². The van der Waals surface area contributed by atoms with Gasteiger partial charge in [-0.25, -0.2) is 19.1 Å². The van der Waals surface area contributed by atoms with E-state index in [0.717, 1.165) is 5.56 Å². The summed E-state index contributed by atoms with van der Waals surface area (Å²) in [4.78, 5) is 28.2. The van der Waals surface area contributed by atoms with E-state index >= 15 is 0 Å². The summed E-state index contributed by atoms with van der Waals surface area (Å²) in [6, 6.07) is 11.8. The number of carbonyl (C=O) groups is 1. The maximum Gasteiger partial charge on any atom is 0.422 e. The number of ether oxygens (including phenoxy) is 1. The zero-order chi connectivity index (χ0) is 15.5. The van der Waals surface area contributed by atoms with E-state index in [4.69, 9.17) is 9.15 Å². The fraction of sp³-hybridized carbons (Fsp3) is 0.188. The Bertz CT molecular complexity index is 851. The van der Waals surface area contributed by atoms with Gasteiger partial charge in [-0.3, -0.25) is 0 Å². The van der Waals surface area contributed by atoms with E-state index in [2.05, 4.69) is 4.98 Å². The molecule has 0 aliphatic carbocycles. The first kappa shape index (κ1) is 14.1. The van der Waals surface area contributed by atoms with Gasteiger partial charge in [0, 0.05) is 6.20 Å². The van der Waals surface area contributed by atoms with Crippen LogP contribution in [-0.4, -0.2) is 15.5 Å². The standard InChI is InChI=1S/C16H14N2O4/c1-11(15(19)21-10-12-6-3-2-4-7-12)18-14-13(22-16(18)20)8-5-9-17-14/h2-9,11H,10H2,1H3. The third-order valence-corrected chi connectivity index (χ3v) is 3.33. The first-order chi connectivity index (χ1) is 10.7. The summed E-state index contributed by atoms with van der Waals surface area (Å²) < 4.78 is 11.5. The molecule has 0 radical (unpaired) electrons. The van der Waals surface area contributed by atoms with Crippen LogP contribution in [0.15, 0.2) is 57.9 Å². The van der Waals surface area contributed by atoms with E-state index < -0.39 is 17.8 Å². The smallest absolute Gasteiger partial charge is 0.422 e. The van der Waals surface area contributed by atoms with E-state index in [1.165, 1.54) is 10.8 Å².